The molecule has 6 nitrogen and oxygen atoms in total. The highest BCUT2D eigenvalue weighted by molar-refractivity contribution is 7.98. The molecule has 4 aromatic rings. The maximum Gasteiger partial charge on any atom is 0.247 e. The molecule has 28 heavy (non-hydrogen) atoms. The lowest BCUT2D eigenvalue weighted by molar-refractivity contribution is 0.415. The Balaban J connectivity index is 1.48. The zero-order valence-corrected chi connectivity index (χ0v) is 16.7. The molecule has 7 heteroatoms. The summed E-state index contributed by atoms with van der Waals surface area (Å²) in [6.07, 6.45) is 3.76. The summed E-state index contributed by atoms with van der Waals surface area (Å²) < 4.78 is 13.0. The number of aryl methyl sites for hydroxylation is 2. The van der Waals surface area contributed by atoms with Crippen molar-refractivity contribution in [2.24, 2.45) is 0 Å². The second-order valence-corrected chi connectivity index (χ2v) is 7.31. The lowest BCUT2D eigenvalue weighted by Gasteiger charge is -2.09. The second kappa shape index (κ2) is 7.90. The van der Waals surface area contributed by atoms with E-state index in [4.69, 9.17) is 9.15 Å². The van der Waals surface area contributed by atoms with Crippen LogP contribution >= 0.6 is 11.8 Å². The maximum absolute atomic E-state index is 5.80. The molecule has 0 atom stereocenters. The van der Waals surface area contributed by atoms with Crippen LogP contribution in [0.5, 0.6) is 5.75 Å². The molecule has 2 aromatic carbocycles. The van der Waals surface area contributed by atoms with Crippen LogP contribution in [-0.4, -0.2) is 26.9 Å². The molecule has 0 amide bonds. The Hall–Kier alpha value is -3.06. The Morgan fingerprint density at radius 3 is 2.61 bits per heavy atom. The highest BCUT2D eigenvalue weighted by Crippen LogP contribution is 2.27. The first-order valence-corrected chi connectivity index (χ1v) is 9.83. The molecule has 0 fully saturated rings. The summed E-state index contributed by atoms with van der Waals surface area (Å²) in [6.45, 7) is 4.22. The highest BCUT2D eigenvalue weighted by atomic mass is 32.2. The van der Waals surface area contributed by atoms with Gasteiger partial charge in [0.15, 0.2) is 5.16 Å². The van der Waals surface area contributed by atoms with E-state index < -0.39 is 0 Å². The first kappa shape index (κ1) is 18.3. The van der Waals surface area contributed by atoms with Crippen LogP contribution in [0.1, 0.15) is 17.0 Å². The number of hydrogen-bond acceptors (Lipinski definition) is 6. The third-order valence-corrected chi connectivity index (χ3v) is 5.46. The van der Waals surface area contributed by atoms with Gasteiger partial charge in [0.05, 0.1) is 12.9 Å². The molecule has 0 unspecified atom stereocenters. The molecule has 0 bridgehead atoms. The molecule has 0 aliphatic carbocycles. The average molecular weight is 392 g/mol. The van der Waals surface area contributed by atoms with Crippen LogP contribution in [0.15, 0.2) is 64.4 Å². The van der Waals surface area contributed by atoms with Crippen LogP contribution < -0.4 is 4.74 Å². The van der Waals surface area contributed by atoms with Gasteiger partial charge in [-0.15, -0.1) is 10.2 Å². The van der Waals surface area contributed by atoms with Gasteiger partial charge >= 0.3 is 0 Å². The first-order chi connectivity index (χ1) is 13.6. The normalized spacial score (nSPS) is 11.0. The van der Waals surface area contributed by atoms with E-state index in [0.29, 0.717) is 17.5 Å². The summed E-state index contributed by atoms with van der Waals surface area (Å²) in [6, 6.07) is 13.9. The molecule has 142 valence electrons. The molecule has 0 saturated carbocycles. The number of hydrogen-bond donors (Lipinski definition) is 0. The molecule has 0 spiro atoms. The van der Waals surface area contributed by atoms with Crippen molar-refractivity contribution in [3.05, 3.63) is 71.9 Å². The molecule has 0 radical (unpaired) electrons. The molecular weight excluding hydrogens is 372 g/mol. The minimum absolute atomic E-state index is 0.496. The minimum Gasteiger partial charge on any atom is -0.497 e. The van der Waals surface area contributed by atoms with Crippen molar-refractivity contribution in [1.82, 2.24) is 19.7 Å². The minimum atomic E-state index is 0.496. The van der Waals surface area contributed by atoms with Gasteiger partial charge in [0, 0.05) is 23.6 Å². The van der Waals surface area contributed by atoms with E-state index in [1.54, 1.807) is 25.1 Å². The topological polar surface area (TPSA) is 66.0 Å². The second-order valence-electron chi connectivity index (χ2n) is 6.37. The quantitative estimate of drug-likeness (QED) is 0.438. The van der Waals surface area contributed by atoms with Crippen LogP contribution in [0.2, 0.25) is 0 Å². The fraction of sp³-hybridized carbons (Fsp3) is 0.190. The number of ether oxygens (including phenoxy) is 1. The van der Waals surface area contributed by atoms with Crippen LogP contribution in [-0.2, 0) is 5.75 Å². The Morgan fingerprint density at radius 1 is 1.04 bits per heavy atom. The molecule has 2 aromatic heterocycles. The molecule has 0 aliphatic rings. The van der Waals surface area contributed by atoms with Gasteiger partial charge in [0.1, 0.15) is 5.75 Å². The number of rotatable bonds is 6. The smallest absolute Gasteiger partial charge is 0.247 e. The predicted octanol–water partition coefficient (Wildman–Crippen LogP) is 4.84. The van der Waals surface area contributed by atoms with Gasteiger partial charge in [0.25, 0.3) is 0 Å². The van der Waals surface area contributed by atoms with Gasteiger partial charge in [-0.25, -0.2) is 4.98 Å². The van der Waals surface area contributed by atoms with Crippen LogP contribution in [0.4, 0.5) is 0 Å². The standard InChI is InChI=1S/C21H20N4O2S/c1-14-4-7-17(12-15(14)2)25-11-10-22-21(25)28-13-19-23-24-20(27-19)16-5-8-18(26-3)9-6-16/h4-12H,13H2,1-3H3. The Morgan fingerprint density at radius 2 is 1.86 bits per heavy atom. The number of aromatic nitrogens is 4. The van der Waals surface area contributed by atoms with Gasteiger partial charge in [0.2, 0.25) is 11.8 Å². The van der Waals surface area contributed by atoms with Crippen LogP contribution in [0.3, 0.4) is 0 Å². The fourth-order valence-electron chi connectivity index (χ4n) is 2.76. The van der Waals surface area contributed by atoms with Gasteiger partial charge in [-0.05, 0) is 61.4 Å². The van der Waals surface area contributed by atoms with Crippen LogP contribution in [0, 0.1) is 13.8 Å². The maximum atomic E-state index is 5.80. The van der Waals surface area contributed by atoms with Crippen molar-refractivity contribution in [3.63, 3.8) is 0 Å². The molecule has 0 saturated heterocycles. The Bertz CT molecular complexity index is 1090. The number of nitrogens with zero attached hydrogens (tertiary/aromatic N) is 4. The van der Waals surface area contributed by atoms with Crippen molar-refractivity contribution < 1.29 is 9.15 Å². The van der Waals surface area contributed by atoms with E-state index in [0.717, 1.165) is 22.2 Å². The SMILES string of the molecule is COc1ccc(-c2nnc(CSc3nccn3-c3ccc(C)c(C)c3)o2)cc1. The van der Waals surface area contributed by atoms with E-state index >= 15 is 0 Å². The molecule has 4 rings (SSSR count). The third kappa shape index (κ3) is 3.80. The molecule has 0 aliphatic heterocycles. The van der Waals surface area contributed by atoms with E-state index in [-0.39, 0.29) is 0 Å². The number of imidazole rings is 1. The van der Waals surface area contributed by atoms with Gasteiger partial charge in [-0.1, -0.05) is 17.8 Å². The van der Waals surface area contributed by atoms with Crippen molar-refractivity contribution in [2.75, 3.05) is 7.11 Å². The summed E-state index contributed by atoms with van der Waals surface area (Å²) in [5.41, 5.74) is 4.48. The summed E-state index contributed by atoms with van der Waals surface area (Å²) in [5.74, 6) is 2.39. The zero-order valence-electron chi connectivity index (χ0n) is 15.9. The highest BCUT2D eigenvalue weighted by Gasteiger charge is 2.12. The molecule has 0 N–H and O–H groups in total. The lowest BCUT2D eigenvalue weighted by atomic mass is 10.1. The summed E-state index contributed by atoms with van der Waals surface area (Å²) in [5, 5.41) is 9.18. The Labute approximate surface area is 167 Å². The summed E-state index contributed by atoms with van der Waals surface area (Å²) in [4.78, 5) is 4.47. The van der Waals surface area contributed by atoms with Gasteiger partial charge in [-0.2, -0.15) is 0 Å². The Kier molecular flexibility index (Phi) is 5.16. The largest absolute Gasteiger partial charge is 0.497 e. The van der Waals surface area contributed by atoms with Crippen LogP contribution in [0.25, 0.3) is 17.1 Å². The zero-order chi connectivity index (χ0) is 19.5. The van der Waals surface area contributed by atoms with Crippen molar-refractivity contribution >= 4 is 11.8 Å². The lowest BCUT2D eigenvalue weighted by Crippen LogP contribution is -1.96. The van der Waals surface area contributed by atoms with E-state index in [1.165, 1.54) is 11.1 Å². The number of methoxy groups -OCH3 is 1. The van der Waals surface area contributed by atoms with Gasteiger partial charge < -0.3 is 9.15 Å². The summed E-state index contributed by atoms with van der Waals surface area (Å²) >= 11 is 1.56. The number of benzene rings is 2. The van der Waals surface area contributed by atoms with Gasteiger partial charge in [-0.3, -0.25) is 4.57 Å². The summed E-state index contributed by atoms with van der Waals surface area (Å²) in [7, 11) is 1.64. The number of thioether (sulfide) groups is 1. The average Bonchev–Trinajstić information content (AvgIpc) is 3.38. The third-order valence-electron chi connectivity index (χ3n) is 4.50. The van der Waals surface area contributed by atoms with E-state index in [1.807, 2.05) is 30.5 Å². The van der Waals surface area contributed by atoms with Crippen molar-refractivity contribution in [3.8, 4) is 22.9 Å². The van der Waals surface area contributed by atoms with Crippen molar-refractivity contribution in [1.29, 1.82) is 0 Å². The molecular formula is C21H20N4O2S. The van der Waals surface area contributed by atoms with E-state index in [9.17, 15) is 0 Å². The predicted molar refractivity (Wildman–Crippen MR) is 109 cm³/mol. The first-order valence-electron chi connectivity index (χ1n) is 8.84. The monoisotopic (exact) mass is 392 g/mol. The van der Waals surface area contributed by atoms with E-state index in [2.05, 4.69) is 51.8 Å². The fourth-order valence-corrected chi connectivity index (χ4v) is 3.57. The van der Waals surface area contributed by atoms with Crippen molar-refractivity contribution in [2.45, 2.75) is 24.8 Å². The molecule has 2 heterocycles.